The highest BCUT2D eigenvalue weighted by Crippen LogP contribution is 2.31. The van der Waals surface area contributed by atoms with E-state index in [4.69, 9.17) is 5.73 Å². The van der Waals surface area contributed by atoms with E-state index < -0.39 is 0 Å². The van der Waals surface area contributed by atoms with E-state index in [9.17, 15) is 4.39 Å². The molecular weight excluding hydrogens is 229 g/mol. The van der Waals surface area contributed by atoms with Crippen LogP contribution >= 0.6 is 0 Å². The van der Waals surface area contributed by atoms with E-state index in [1.807, 2.05) is 6.07 Å². The zero-order valence-electron chi connectivity index (χ0n) is 10.8. The van der Waals surface area contributed by atoms with Gasteiger partial charge in [-0.15, -0.1) is 0 Å². The van der Waals surface area contributed by atoms with Gasteiger partial charge in [0.1, 0.15) is 5.82 Å². The van der Waals surface area contributed by atoms with Gasteiger partial charge in [0.15, 0.2) is 0 Å². The van der Waals surface area contributed by atoms with Gasteiger partial charge in [0.25, 0.3) is 0 Å². The maximum atomic E-state index is 14.1. The first kappa shape index (κ1) is 11.8. The molecule has 2 N–H and O–H groups in total. The lowest BCUT2D eigenvalue weighted by atomic mass is 10.1. The number of aryl methyl sites for hydroxylation is 1. The van der Waals surface area contributed by atoms with E-state index in [-0.39, 0.29) is 5.82 Å². The first-order valence-electron chi connectivity index (χ1n) is 6.76. The molecule has 3 nitrogen and oxygen atoms in total. The quantitative estimate of drug-likeness (QED) is 0.812. The van der Waals surface area contributed by atoms with Crippen LogP contribution in [0.25, 0.3) is 0 Å². The first-order valence-corrected chi connectivity index (χ1v) is 6.76. The molecule has 2 heterocycles. The zero-order chi connectivity index (χ0) is 12.7. The van der Waals surface area contributed by atoms with Gasteiger partial charge in [-0.1, -0.05) is 6.92 Å². The van der Waals surface area contributed by atoms with Crippen molar-refractivity contribution < 1.29 is 4.39 Å². The summed E-state index contributed by atoms with van der Waals surface area (Å²) in [6.07, 6.45) is 2.00. The van der Waals surface area contributed by atoms with Gasteiger partial charge in [-0.05, 0) is 30.5 Å². The Bertz CT molecular complexity index is 461. The van der Waals surface area contributed by atoms with Gasteiger partial charge in [0, 0.05) is 37.9 Å². The average molecular weight is 249 g/mol. The number of piperazine rings is 1. The molecule has 2 saturated heterocycles. The van der Waals surface area contributed by atoms with Crippen LogP contribution in [0.5, 0.6) is 0 Å². The minimum Gasteiger partial charge on any atom is -0.398 e. The van der Waals surface area contributed by atoms with Gasteiger partial charge < -0.3 is 10.6 Å². The smallest absolute Gasteiger partial charge is 0.148 e. The lowest BCUT2D eigenvalue weighted by molar-refractivity contribution is 0.309. The fourth-order valence-electron chi connectivity index (χ4n) is 3.17. The van der Waals surface area contributed by atoms with Crippen LogP contribution < -0.4 is 10.6 Å². The summed E-state index contributed by atoms with van der Waals surface area (Å²) >= 11 is 0. The standard InChI is InChI=1S/C14H20FN3/c1-2-10-7-14(12(15)8-13(10)16)18-6-5-17-4-3-11(18)9-17/h7-8,11H,2-6,9,16H2,1H3. The molecule has 3 rings (SSSR count). The number of nitrogens with two attached hydrogens (primary N) is 1. The summed E-state index contributed by atoms with van der Waals surface area (Å²) in [7, 11) is 0. The number of fused-ring (bicyclic) bond motifs is 2. The third-order valence-corrected chi connectivity index (χ3v) is 4.24. The summed E-state index contributed by atoms with van der Waals surface area (Å²) < 4.78 is 14.1. The molecule has 0 amide bonds. The summed E-state index contributed by atoms with van der Waals surface area (Å²) in [5.41, 5.74) is 8.20. The highest BCUT2D eigenvalue weighted by Gasteiger charge is 2.33. The molecule has 0 aromatic heterocycles. The van der Waals surface area contributed by atoms with Crippen LogP contribution in [0.1, 0.15) is 18.9 Å². The normalized spacial score (nSPS) is 26.7. The van der Waals surface area contributed by atoms with Crippen LogP contribution in [0.4, 0.5) is 15.8 Å². The minimum absolute atomic E-state index is 0.176. The summed E-state index contributed by atoms with van der Waals surface area (Å²) in [6.45, 7) is 6.25. The van der Waals surface area contributed by atoms with Gasteiger partial charge in [0.2, 0.25) is 0 Å². The molecular formula is C14H20FN3. The second kappa shape index (κ2) is 4.43. The lowest BCUT2D eigenvalue weighted by Gasteiger charge is -2.36. The van der Waals surface area contributed by atoms with Crippen molar-refractivity contribution in [3.05, 3.63) is 23.5 Å². The molecule has 2 atom stereocenters. The largest absolute Gasteiger partial charge is 0.398 e. The van der Waals surface area contributed by atoms with Crippen molar-refractivity contribution in [2.24, 2.45) is 0 Å². The fraction of sp³-hybridized carbons (Fsp3) is 0.571. The van der Waals surface area contributed by atoms with Crippen molar-refractivity contribution >= 4 is 11.4 Å². The minimum atomic E-state index is -0.176. The summed E-state index contributed by atoms with van der Waals surface area (Å²) in [4.78, 5) is 4.69. The number of rotatable bonds is 2. The topological polar surface area (TPSA) is 32.5 Å². The molecule has 4 heteroatoms. The molecule has 0 radical (unpaired) electrons. The van der Waals surface area contributed by atoms with E-state index in [1.165, 1.54) is 6.07 Å². The summed E-state index contributed by atoms with van der Waals surface area (Å²) in [5.74, 6) is -0.176. The van der Waals surface area contributed by atoms with Crippen LogP contribution in [0.3, 0.4) is 0 Å². The third kappa shape index (κ3) is 1.85. The first-order chi connectivity index (χ1) is 8.69. The SMILES string of the molecule is CCc1cc(N2CCN3CCC2C3)c(F)cc1N. The molecule has 0 spiro atoms. The molecule has 0 saturated carbocycles. The molecule has 2 fully saturated rings. The lowest BCUT2D eigenvalue weighted by Crippen LogP contribution is -2.47. The van der Waals surface area contributed by atoms with Crippen LogP contribution in [0, 0.1) is 5.82 Å². The number of nitrogen functional groups attached to an aromatic ring is 1. The Morgan fingerprint density at radius 2 is 2.17 bits per heavy atom. The monoisotopic (exact) mass is 249 g/mol. The predicted molar refractivity (Wildman–Crippen MR) is 72.4 cm³/mol. The van der Waals surface area contributed by atoms with Gasteiger partial charge >= 0.3 is 0 Å². The summed E-state index contributed by atoms with van der Waals surface area (Å²) in [5, 5.41) is 0. The molecule has 2 aliphatic heterocycles. The van der Waals surface area contributed by atoms with Crippen LogP contribution in [-0.2, 0) is 6.42 Å². The van der Waals surface area contributed by atoms with E-state index in [1.54, 1.807) is 0 Å². The number of halogens is 1. The average Bonchev–Trinajstić information content (AvgIpc) is 2.73. The molecule has 0 aliphatic carbocycles. The van der Waals surface area contributed by atoms with E-state index in [0.717, 1.165) is 50.3 Å². The second-order valence-electron chi connectivity index (χ2n) is 5.29. The van der Waals surface area contributed by atoms with Crippen molar-refractivity contribution in [1.29, 1.82) is 0 Å². The van der Waals surface area contributed by atoms with Crippen molar-refractivity contribution in [3.63, 3.8) is 0 Å². The number of benzene rings is 1. The number of anilines is 2. The fourth-order valence-corrected chi connectivity index (χ4v) is 3.17. The van der Waals surface area contributed by atoms with Crippen molar-refractivity contribution in [3.8, 4) is 0 Å². The Labute approximate surface area is 107 Å². The Balaban J connectivity index is 1.95. The molecule has 2 unspecified atom stereocenters. The van der Waals surface area contributed by atoms with Gasteiger partial charge in [-0.25, -0.2) is 4.39 Å². The second-order valence-corrected chi connectivity index (χ2v) is 5.29. The van der Waals surface area contributed by atoms with E-state index in [2.05, 4.69) is 16.7 Å². The molecule has 1 aromatic carbocycles. The summed E-state index contributed by atoms with van der Waals surface area (Å²) in [6, 6.07) is 3.90. The molecule has 98 valence electrons. The van der Waals surface area contributed by atoms with E-state index in [0.29, 0.717) is 11.7 Å². The maximum Gasteiger partial charge on any atom is 0.148 e. The van der Waals surface area contributed by atoms with Crippen molar-refractivity contribution in [1.82, 2.24) is 4.90 Å². The Morgan fingerprint density at radius 3 is 2.94 bits per heavy atom. The molecule has 2 aliphatic rings. The highest BCUT2D eigenvalue weighted by atomic mass is 19.1. The highest BCUT2D eigenvalue weighted by molar-refractivity contribution is 5.60. The Kier molecular flexibility index (Phi) is 2.90. The number of hydrogen-bond donors (Lipinski definition) is 1. The Hall–Kier alpha value is -1.29. The van der Waals surface area contributed by atoms with Gasteiger partial charge in [0.05, 0.1) is 5.69 Å². The van der Waals surface area contributed by atoms with Crippen LogP contribution in [0.2, 0.25) is 0 Å². The Morgan fingerprint density at radius 1 is 1.33 bits per heavy atom. The molecule has 18 heavy (non-hydrogen) atoms. The molecule has 1 aromatic rings. The van der Waals surface area contributed by atoms with Crippen molar-refractivity contribution in [2.45, 2.75) is 25.8 Å². The van der Waals surface area contributed by atoms with Crippen LogP contribution in [0.15, 0.2) is 12.1 Å². The molecule has 2 bridgehead atoms. The van der Waals surface area contributed by atoms with Crippen molar-refractivity contribution in [2.75, 3.05) is 36.8 Å². The predicted octanol–water partition coefficient (Wildman–Crippen LogP) is 1.86. The van der Waals surface area contributed by atoms with Gasteiger partial charge in [-0.2, -0.15) is 0 Å². The van der Waals surface area contributed by atoms with Gasteiger partial charge in [-0.3, -0.25) is 4.90 Å². The third-order valence-electron chi connectivity index (χ3n) is 4.24. The maximum absolute atomic E-state index is 14.1. The number of hydrogen-bond acceptors (Lipinski definition) is 3. The van der Waals surface area contributed by atoms with Crippen LogP contribution in [-0.4, -0.2) is 37.1 Å². The zero-order valence-corrected chi connectivity index (χ0v) is 10.8. The van der Waals surface area contributed by atoms with E-state index >= 15 is 0 Å². The number of nitrogens with zero attached hydrogens (tertiary/aromatic N) is 2.